The van der Waals surface area contributed by atoms with Gasteiger partial charge in [0.15, 0.2) is 0 Å². The van der Waals surface area contributed by atoms with Gasteiger partial charge in [-0.1, -0.05) is 24.3 Å². The lowest BCUT2D eigenvalue weighted by atomic mass is 9.85. The van der Waals surface area contributed by atoms with E-state index in [4.69, 9.17) is 0 Å². The van der Waals surface area contributed by atoms with Crippen LogP contribution in [0.25, 0.3) is 0 Å². The highest BCUT2D eigenvalue weighted by atomic mass is 32.2. The molecule has 2 saturated heterocycles. The summed E-state index contributed by atoms with van der Waals surface area (Å²) in [6.45, 7) is -0.207. The number of imide groups is 1. The highest BCUT2D eigenvalue weighted by Crippen LogP contribution is 2.44. The first kappa shape index (κ1) is 18.6. The van der Waals surface area contributed by atoms with E-state index in [1.165, 1.54) is 12.0 Å². The molecule has 1 aliphatic carbocycles. The van der Waals surface area contributed by atoms with E-state index in [0.717, 1.165) is 16.4 Å². The molecule has 3 aliphatic rings. The number of carbonyl (C=O) groups excluding carboxylic acids is 3. The fourth-order valence-corrected chi connectivity index (χ4v) is 6.69. The molecule has 0 saturated carbocycles. The van der Waals surface area contributed by atoms with Gasteiger partial charge in [0, 0.05) is 5.69 Å². The Labute approximate surface area is 167 Å². The van der Waals surface area contributed by atoms with Crippen molar-refractivity contribution in [2.75, 3.05) is 23.4 Å². The van der Waals surface area contributed by atoms with E-state index < -0.39 is 0 Å². The smallest absolute Gasteiger partial charge is 0.244 e. The Morgan fingerprint density at radius 1 is 1.07 bits per heavy atom. The van der Waals surface area contributed by atoms with Crippen LogP contribution in [0.1, 0.15) is 29.4 Å². The number of likely N-dealkylation sites (tertiary alicyclic amines) is 1. The minimum atomic E-state index is -0.329. The molecule has 5 nitrogen and oxygen atoms in total. The van der Waals surface area contributed by atoms with Gasteiger partial charge >= 0.3 is 0 Å². The van der Waals surface area contributed by atoms with Crippen molar-refractivity contribution in [1.29, 1.82) is 0 Å². The van der Waals surface area contributed by atoms with Gasteiger partial charge in [0.2, 0.25) is 17.7 Å². The summed E-state index contributed by atoms with van der Waals surface area (Å²) in [5, 5.41) is 2.85. The van der Waals surface area contributed by atoms with Gasteiger partial charge in [-0.3, -0.25) is 19.3 Å². The zero-order valence-electron chi connectivity index (χ0n) is 14.9. The predicted octanol–water partition coefficient (Wildman–Crippen LogP) is 3.45. The Hall–Kier alpha value is -1.73. The number of hydrogen-bond acceptors (Lipinski definition) is 5. The quantitative estimate of drug-likeness (QED) is 0.617. The van der Waals surface area contributed by atoms with Crippen molar-refractivity contribution < 1.29 is 14.4 Å². The van der Waals surface area contributed by atoms with Crippen molar-refractivity contribution in [2.24, 2.45) is 11.8 Å². The van der Waals surface area contributed by atoms with E-state index in [2.05, 4.69) is 11.4 Å². The monoisotopic (exact) mass is 402 g/mol. The van der Waals surface area contributed by atoms with Gasteiger partial charge < -0.3 is 5.32 Å². The third-order valence-electron chi connectivity index (χ3n) is 5.17. The van der Waals surface area contributed by atoms with Crippen molar-refractivity contribution in [2.45, 2.75) is 23.8 Å². The summed E-state index contributed by atoms with van der Waals surface area (Å²) in [7, 11) is 0. The summed E-state index contributed by atoms with van der Waals surface area (Å²) in [5.41, 5.74) is 1.90. The van der Waals surface area contributed by atoms with E-state index in [9.17, 15) is 14.4 Å². The molecule has 142 valence electrons. The molecule has 2 atom stereocenters. The standard InChI is InChI=1S/C20H22N2O3S2/c23-17(12-22-18(24)15-7-1-2-8-16(15)19(22)25)21-14-6-3-5-13(11-14)20-26-9-4-10-27-20/h1-3,5-6,11,15-16,20H,4,7-10,12H2,(H,21,23)/t15-,16-/m1/s1. The van der Waals surface area contributed by atoms with Crippen molar-refractivity contribution in [3.05, 3.63) is 42.0 Å². The maximum absolute atomic E-state index is 12.5. The molecular weight excluding hydrogens is 380 g/mol. The second-order valence-corrected chi connectivity index (χ2v) is 9.74. The van der Waals surface area contributed by atoms with Crippen LogP contribution in [0.15, 0.2) is 36.4 Å². The SMILES string of the molecule is O=C(CN1C(=O)[C@@H]2CC=CC[C@H]2C1=O)Nc1cccc(C2SCCCS2)c1. The molecule has 1 aromatic rings. The number of thioether (sulfide) groups is 2. The lowest BCUT2D eigenvalue weighted by molar-refractivity contribution is -0.142. The van der Waals surface area contributed by atoms with Gasteiger partial charge in [-0.05, 0) is 48.5 Å². The molecule has 27 heavy (non-hydrogen) atoms. The van der Waals surface area contributed by atoms with Crippen LogP contribution >= 0.6 is 23.5 Å². The number of nitrogens with one attached hydrogen (secondary N) is 1. The molecule has 0 aromatic heterocycles. The van der Waals surface area contributed by atoms with Crippen LogP contribution in [0.4, 0.5) is 5.69 Å². The van der Waals surface area contributed by atoms with Gasteiger partial charge in [0.25, 0.3) is 0 Å². The van der Waals surface area contributed by atoms with E-state index in [0.29, 0.717) is 23.1 Å². The summed E-state index contributed by atoms with van der Waals surface area (Å²) in [5.74, 6) is 0.971. The second kappa shape index (κ2) is 8.10. The third kappa shape index (κ3) is 3.94. The molecule has 0 unspecified atom stereocenters. The molecule has 2 fully saturated rings. The Bertz CT molecular complexity index is 763. The summed E-state index contributed by atoms with van der Waals surface area (Å²) in [4.78, 5) is 38.6. The molecule has 0 spiro atoms. The number of fused-ring (bicyclic) bond motifs is 1. The summed E-state index contributed by atoms with van der Waals surface area (Å²) >= 11 is 3.86. The largest absolute Gasteiger partial charge is 0.325 e. The van der Waals surface area contributed by atoms with Gasteiger partial charge in [-0.15, -0.1) is 23.5 Å². The number of nitrogens with zero attached hydrogens (tertiary/aromatic N) is 1. The molecule has 0 radical (unpaired) electrons. The van der Waals surface area contributed by atoms with E-state index >= 15 is 0 Å². The summed E-state index contributed by atoms with van der Waals surface area (Å²) in [6.07, 6.45) is 6.31. The molecule has 7 heteroatoms. The minimum absolute atomic E-state index is 0.207. The molecule has 2 heterocycles. The fraction of sp³-hybridized carbons (Fsp3) is 0.450. The van der Waals surface area contributed by atoms with Crippen LogP contribution < -0.4 is 5.32 Å². The molecule has 3 amide bonds. The molecule has 2 aliphatic heterocycles. The van der Waals surface area contributed by atoms with E-state index in [1.807, 2.05) is 53.9 Å². The van der Waals surface area contributed by atoms with Gasteiger partial charge in [-0.2, -0.15) is 0 Å². The van der Waals surface area contributed by atoms with E-state index in [-0.39, 0.29) is 36.1 Å². The van der Waals surface area contributed by atoms with Crippen LogP contribution in [0.5, 0.6) is 0 Å². The van der Waals surface area contributed by atoms with Crippen LogP contribution in [0.3, 0.4) is 0 Å². The first-order chi connectivity index (χ1) is 13.1. The molecule has 0 bridgehead atoms. The maximum Gasteiger partial charge on any atom is 0.244 e. The lowest BCUT2D eigenvalue weighted by Crippen LogP contribution is -2.38. The fourth-order valence-electron chi connectivity index (χ4n) is 3.81. The minimum Gasteiger partial charge on any atom is -0.325 e. The third-order valence-corrected chi connectivity index (χ3v) is 8.19. The zero-order chi connectivity index (χ0) is 18.8. The Morgan fingerprint density at radius 2 is 1.74 bits per heavy atom. The Morgan fingerprint density at radius 3 is 2.41 bits per heavy atom. The molecule has 1 N–H and O–H groups in total. The van der Waals surface area contributed by atoms with Crippen molar-refractivity contribution in [3.8, 4) is 0 Å². The maximum atomic E-state index is 12.5. The zero-order valence-corrected chi connectivity index (χ0v) is 16.6. The van der Waals surface area contributed by atoms with E-state index in [1.54, 1.807) is 0 Å². The highest BCUT2D eigenvalue weighted by molar-refractivity contribution is 8.16. The number of hydrogen-bond donors (Lipinski definition) is 1. The summed E-state index contributed by atoms with van der Waals surface area (Å²) in [6, 6.07) is 7.85. The highest BCUT2D eigenvalue weighted by Gasteiger charge is 2.47. The topological polar surface area (TPSA) is 66.5 Å². The first-order valence-electron chi connectivity index (χ1n) is 9.27. The van der Waals surface area contributed by atoms with Crippen molar-refractivity contribution >= 4 is 46.9 Å². The number of rotatable bonds is 4. The average molecular weight is 403 g/mol. The van der Waals surface area contributed by atoms with Crippen LogP contribution in [0.2, 0.25) is 0 Å². The van der Waals surface area contributed by atoms with Crippen molar-refractivity contribution in [3.63, 3.8) is 0 Å². The average Bonchev–Trinajstić information content (AvgIpc) is 2.94. The Kier molecular flexibility index (Phi) is 5.59. The second-order valence-electron chi connectivity index (χ2n) is 7.02. The van der Waals surface area contributed by atoms with Gasteiger partial charge in [0.05, 0.1) is 16.4 Å². The number of carbonyl (C=O) groups is 3. The number of allylic oxidation sites excluding steroid dienone is 2. The molecule has 4 rings (SSSR count). The number of benzene rings is 1. The lowest BCUT2D eigenvalue weighted by Gasteiger charge is -2.21. The first-order valence-corrected chi connectivity index (χ1v) is 11.4. The van der Waals surface area contributed by atoms with Crippen LogP contribution in [0, 0.1) is 11.8 Å². The van der Waals surface area contributed by atoms with Gasteiger partial charge in [-0.25, -0.2) is 0 Å². The van der Waals surface area contributed by atoms with Crippen LogP contribution in [-0.4, -0.2) is 40.7 Å². The molecule has 1 aromatic carbocycles. The van der Waals surface area contributed by atoms with Crippen LogP contribution in [-0.2, 0) is 14.4 Å². The number of amides is 3. The Balaban J connectivity index is 1.40. The van der Waals surface area contributed by atoms with Crippen molar-refractivity contribution in [1.82, 2.24) is 4.90 Å². The number of anilines is 1. The predicted molar refractivity (Wildman–Crippen MR) is 109 cm³/mol. The normalized spacial score (nSPS) is 25.6. The summed E-state index contributed by atoms with van der Waals surface area (Å²) < 4.78 is 0.396. The molecular formula is C20H22N2O3S2. The van der Waals surface area contributed by atoms with Gasteiger partial charge in [0.1, 0.15) is 6.54 Å².